The minimum atomic E-state index is -0.755. The molecule has 13 heteroatoms. The third-order valence-corrected chi connectivity index (χ3v) is 11.8. The van der Waals surface area contributed by atoms with E-state index in [0.717, 1.165) is 9.80 Å². The minimum Gasteiger partial charge on any atom is -0.457 e. The van der Waals surface area contributed by atoms with Gasteiger partial charge in [-0.05, 0) is 132 Å². The number of amides is 4. The van der Waals surface area contributed by atoms with Gasteiger partial charge in [0.15, 0.2) is 11.6 Å². The molecule has 0 aliphatic carbocycles. The van der Waals surface area contributed by atoms with Gasteiger partial charge in [-0.2, -0.15) is 0 Å². The first-order valence-corrected chi connectivity index (χ1v) is 22.6. The molecule has 4 amide bonds. The first kappa shape index (κ1) is 46.3. The number of carbonyl (C=O) groups is 8. The summed E-state index contributed by atoms with van der Waals surface area (Å²) >= 11 is 0. The Labute approximate surface area is 416 Å². The highest BCUT2D eigenvalue weighted by molar-refractivity contribution is 6.35. The molecule has 8 aromatic rings. The van der Waals surface area contributed by atoms with Crippen LogP contribution in [-0.4, -0.2) is 47.1 Å². The fraction of sp³-hybridized carbons (Fsp3) is 0. The normalized spacial score (nSPS) is 12.8. The Morgan fingerprint density at radius 3 is 1.05 bits per heavy atom. The van der Waals surface area contributed by atoms with Crippen molar-refractivity contribution >= 4 is 70.7 Å². The minimum absolute atomic E-state index is 0.0511. The molecule has 0 saturated heterocycles. The maximum Gasteiger partial charge on any atom is 0.343 e. The van der Waals surface area contributed by atoms with Gasteiger partial charge in [0.2, 0.25) is 0 Å². The number of fused-ring (bicyclic) bond motifs is 2. The highest BCUT2D eigenvalue weighted by atomic mass is 16.5. The van der Waals surface area contributed by atoms with Crippen LogP contribution in [0, 0.1) is 0 Å². The highest BCUT2D eigenvalue weighted by Gasteiger charge is 2.38. The molecule has 0 bridgehead atoms. The zero-order chi connectivity index (χ0) is 50.6. The van der Waals surface area contributed by atoms with E-state index in [1.54, 1.807) is 133 Å². The van der Waals surface area contributed by atoms with Gasteiger partial charge >= 0.3 is 11.9 Å². The molecule has 2 aliphatic heterocycles. The van der Waals surface area contributed by atoms with Gasteiger partial charge < -0.3 is 14.2 Å². The van der Waals surface area contributed by atoms with E-state index in [9.17, 15) is 38.4 Å². The van der Waals surface area contributed by atoms with Crippen molar-refractivity contribution in [3.8, 4) is 23.0 Å². The van der Waals surface area contributed by atoms with Crippen LogP contribution in [0.3, 0.4) is 0 Å². The molecule has 352 valence electrons. The number of ketones is 2. The SMILES string of the molecule is O=C(C=Cc1ccc(N2C(=O)c3ccc(C(=O)Oc4ccc(Oc5ccc(OC(=O)c6ccc7c(c6)C(=O)N(c6ccc(C=CC(=O)c8ccccc8)cc6)C7=O)cc5)cc4)cc3C2=O)cc1)c1ccccc1. The van der Waals surface area contributed by atoms with Gasteiger partial charge in [0.1, 0.15) is 23.0 Å². The molecule has 0 radical (unpaired) electrons. The van der Waals surface area contributed by atoms with Crippen molar-refractivity contribution < 1.29 is 52.6 Å². The van der Waals surface area contributed by atoms with Crippen LogP contribution in [0.5, 0.6) is 23.0 Å². The third-order valence-electron chi connectivity index (χ3n) is 11.8. The lowest BCUT2D eigenvalue weighted by Crippen LogP contribution is -2.29. The predicted octanol–water partition coefficient (Wildman–Crippen LogP) is 11.3. The smallest absolute Gasteiger partial charge is 0.343 e. The summed E-state index contributed by atoms with van der Waals surface area (Å²) in [4.78, 5) is 107. The van der Waals surface area contributed by atoms with Crippen molar-refractivity contribution in [2.45, 2.75) is 0 Å². The summed E-state index contributed by atoms with van der Waals surface area (Å²) in [5.41, 5.74) is 3.63. The molecule has 2 aliphatic rings. The van der Waals surface area contributed by atoms with E-state index in [2.05, 4.69) is 0 Å². The van der Waals surface area contributed by atoms with Crippen molar-refractivity contribution in [2.75, 3.05) is 9.80 Å². The van der Waals surface area contributed by atoms with Crippen molar-refractivity contribution in [2.24, 2.45) is 0 Å². The maximum atomic E-state index is 13.5. The van der Waals surface area contributed by atoms with Crippen molar-refractivity contribution in [3.05, 3.63) is 262 Å². The zero-order valence-corrected chi connectivity index (χ0v) is 38.2. The third kappa shape index (κ3) is 9.78. The highest BCUT2D eigenvalue weighted by Crippen LogP contribution is 2.33. The Morgan fingerprint density at radius 2 is 0.685 bits per heavy atom. The van der Waals surface area contributed by atoms with Crippen LogP contribution in [0.2, 0.25) is 0 Å². The number of allylic oxidation sites excluding steroid dienone is 2. The largest absolute Gasteiger partial charge is 0.457 e. The number of hydrogen-bond acceptors (Lipinski definition) is 11. The Kier molecular flexibility index (Phi) is 12.6. The summed E-state index contributed by atoms with van der Waals surface area (Å²) in [5.74, 6) is -2.96. The molecule has 0 aromatic heterocycles. The molecule has 8 aromatic carbocycles. The monoisotopic (exact) mass is 960 g/mol. The average molecular weight is 961 g/mol. The van der Waals surface area contributed by atoms with E-state index in [1.165, 1.54) is 72.8 Å². The number of benzene rings is 8. The van der Waals surface area contributed by atoms with Crippen LogP contribution < -0.4 is 24.0 Å². The summed E-state index contributed by atoms with van der Waals surface area (Å²) in [6, 6.07) is 51.5. The van der Waals surface area contributed by atoms with Gasteiger partial charge in [0.05, 0.1) is 44.8 Å². The van der Waals surface area contributed by atoms with Gasteiger partial charge in [-0.25, -0.2) is 19.4 Å². The summed E-state index contributed by atoms with van der Waals surface area (Å²) in [7, 11) is 0. The first-order valence-electron chi connectivity index (χ1n) is 22.6. The average Bonchev–Trinajstić information content (AvgIpc) is 3.83. The fourth-order valence-electron chi connectivity index (χ4n) is 8.03. The van der Waals surface area contributed by atoms with Crippen LogP contribution in [0.4, 0.5) is 11.4 Å². The Morgan fingerprint density at radius 1 is 0.342 bits per heavy atom. The molecule has 0 saturated carbocycles. The van der Waals surface area contributed by atoms with E-state index < -0.39 is 35.6 Å². The number of imide groups is 2. The number of anilines is 2. The fourth-order valence-corrected chi connectivity index (χ4v) is 8.03. The van der Waals surface area contributed by atoms with E-state index in [4.69, 9.17) is 14.2 Å². The second-order valence-corrected chi connectivity index (χ2v) is 16.5. The standard InChI is InChI=1S/C60H36N2O11/c63-53(39-7-3-1-4-8-39)33-15-37-11-19-43(20-12-37)61-55(65)49-31-17-41(35-51(49)57(61)67)59(69)72-47-27-23-45(24-28-47)71-46-25-29-48(30-26-46)73-60(70)42-18-32-50-52(36-42)58(68)62(56(50)66)44-21-13-38(14-22-44)16-34-54(64)40-9-5-2-6-10-40/h1-36H. The molecule has 13 nitrogen and oxygen atoms in total. The van der Waals surface area contributed by atoms with Crippen molar-refractivity contribution in [3.63, 3.8) is 0 Å². The van der Waals surface area contributed by atoms with Crippen LogP contribution in [0.1, 0.15) is 94.0 Å². The Balaban J connectivity index is 0.713. The summed E-state index contributed by atoms with van der Waals surface area (Å²) in [5, 5.41) is 0. The molecule has 73 heavy (non-hydrogen) atoms. The van der Waals surface area contributed by atoms with Gasteiger partial charge in [-0.15, -0.1) is 0 Å². The number of carbonyl (C=O) groups excluding carboxylic acids is 8. The van der Waals surface area contributed by atoms with Crippen LogP contribution in [0.25, 0.3) is 12.2 Å². The van der Waals surface area contributed by atoms with E-state index in [-0.39, 0.29) is 56.4 Å². The summed E-state index contributed by atoms with van der Waals surface area (Å²) in [6.07, 6.45) is 6.20. The van der Waals surface area contributed by atoms with E-state index in [1.807, 2.05) is 12.1 Å². The number of esters is 2. The number of nitrogens with zero attached hydrogens (tertiary/aromatic N) is 2. The molecule has 0 atom stereocenters. The van der Waals surface area contributed by atoms with Gasteiger partial charge in [0, 0.05) is 11.1 Å². The number of ether oxygens (including phenoxy) is 3. The lowest BCUT2D eigenvalue weighted by atomic mass is 10.1. The maximum absolute atomic E-state index is 13.5. The second kappa shape index (κ2) is 19.9. The van der Waals surface area contributed by atoms with Crippen molar-refractivity contribution in [1.29, 1.82) is 0 Å². The second-order valence-electron chi connectivity index (χ2n) is 16.5. The first-order chi connectivity index (χ1) is 35.5. The summed E-state index contributed by atoms with van der Waals surface area (Å²) in [6.45, 7) is 0. The van der Waals surface area contributed by atoms with Gasteiger partial charge in [-0.1, -0.05) is 97.1 Å². The predicted molar refractivity (Wildman–Crippen MR) is 271 cm³/mol. The molecular formula is C60H36N2O11. The van der Waals surface area contributed by atoms with Crippen molar-refractivity contribution in [1.82, 2.24) is 0 Å². The number of hydrogen-bond donors (Lipinski definition) is 0. The molecule has 0 spiro atoms. The van der Waals surface area contributed by atoms with Crippen LogP contribution in [0.15, 0.2) is 206 Å². The Hall–Kier alpha value is -10.4. The molecule has 0 unspecified atom stereocenters. The van der Waals surface area contributed by atoms with Gasteiger partial charge in [0.25, 0.3) is 23.6 Å². The van der Waals surface area contributed by atoms with Crippen LogP contribution >= 0.6 is 0 Å². The quantitative estimate of drug-likeness (QED) is 0.0334. The lowest BCUT2D eigenvalue weighted by Gasteiger charge is -2.13. The van der Waals surface area contributed by atoms with Crippen LogP contribution in [-0.2, 0) is 0 Å². The topological polar surface area (TPSA) is 171 Å². The van der Waals surface area contributed by atoms with Gasteiger partial charge in [-0.3, -0.25) is 28.8 Å². The van der Waals surface area contributed by atoms with E-state index in [0.29, 0.717) is 45.1 Å². The lowest BCUT2D eigenvalue weighted by molar-refractivity contribution is 0.0725. The molecule has 0 fully saturated rings. The zero-order valence-electron chi connectivity index (χ0n) is 38.2. The van der Waals surface area contributed by atoms with E-state index >= 15 is 0 Å². The molecular weight excluding hydrogens is 925 g/mol. The summed E-state index contributed by atoms with van der Waals surface area (Å²) < 4.78 is 17.1. The molecule has 0 N–H and O–H groups in total. The molecule has 10 rings (SSSR count). The molecule has 2 heterocycles. The Bertz CT molecular complexity index is 3360. The number of rotatable bonds is 14.